The molecule has 0 radical (unpaired) electrons. The molecule has 2 heterocycles. The van der Waals surface area contributed by atoms with Gasteiger partial charge in [-0.15, -0.1) is 0 Å². The van der Waals surface area contributed by atoms with Crippen LogP contribution in [0.5, 0.6) is 0 Å². The minimum Gasteiger partial charge on any atom is -0.333 e. The average Bonchev–Trinajstić information content (AvgIpc) is 3.29. The fraction of sp³-hybridized carbons (Fsp3) is 0.0400. The van der Waals surface area contributed by atoms with Crippen LogP contribution < -0.4 is 5.32 Å². The molecule has 4 rings (SSSR count). The number of rotatable bonds is 6. The minimum absolute atomic E-state index is 0.234. The monoisotopic (exact) mass is 473 g/mol. The predicted molar refractivity (Wildman–Crippen MR) is 129 cm³/mol. The highest BCUT2D eigenvalue weighted by atomic mass is 35.5. The number of pyridine rings is 1. The van der Waals surface area contributed by atoms with Gasteiger partial charge in [-0.2, -0.15) is 10.4 Å². The predicted octanol–water partition coefficient (Wildman–Crippen LogP) is 5.64. The van der Waals surface area contributed by atoms with Crippen molar-refractivity contribution >= 4 is 35.2 Å². The summed E-state index contributed by atoms with van der Waals surface area (Å²) < 4.78 is 1.74. The SMILES string of the molecule is N#CC(NC(=O)C=Cc1cn(-c2ccccc2)nc1-c1cccnc1)c1cccc(Cl)c1Cl. The lowest BCUT2D eigenvalue weighted by molar-refractivity contribution is -0.116. The quantitative estimate of drug-likeness (QED) is 0.367. The Hall–Kier alpha value is -3.92. The molecule has 0 saturated heterocycles. The molecule has 0 spiro atoms. The van der Waals surface area contributed by atoms with Gasteiger partial charge in [0, 0.05) is 41.4 Å². The van der Waals surface area contributed by atoms with E-state index in [0.717, 1.165) is 16.8 Å². The van der Waals surface area contributed by atoms with Gasteiger partial charge in [-0.1, -0.05) is 53.5 Å². The summed E-state index contributed by atoms with van der Waals surface area (Å²) in [6.07, 6.45) is 8.23. The molecule has 0 fully saturated rings. The summed E-state index contributed by atoms with van der Waals surface area (Å²) in [4.78, 5) is 16.8. The summed E-state index contributed by atoms with van der Waals surface area (Å²) in [5.74, 6) is -0.456. The van der Waals surface area contributed by atoms with Crippen molar-refractivity contribution in [1.29, 1.82) is 5.26 Å². The molecule has 162 valence electrons. The highest BCUT2D eigenvalue weighted by Crippen LogP contribution is 2.30. The Kier molecular flexibility index (Phi) is 6.84. The van der Waals surface area contributed by atoms with E-state index in [1.165, 1.54) is 6.08 Å². The molecule has 0 aliphatic heterocycles. The number of benzene rings is 2. The third kappa shape index (κ3) is 5.12. The zero-order valence-electron chi connectivity index (χ0n) is 17.2. The average molecular weight is 474 g/mol. The minimum atomic E-state index is -0.946. The van der Waals surface area contributed by atoms with Crippen molar-refractivity contribution in [3.63, 3.8) is 0 Å². The molecule has 6 nitrogen and oxygen atoms in total. The van der Waals surface area contributed by atoms with Gasteiger partial charge in [0.25, 0.3) is 0 Å². The number of nitrogens with zero attached hydrogens (tertiary/aromatic N) is 4. The Bertz CT molecular complexity index is 1340. The molecule has 1 amide bonds. The third-order valence-corrected chi connectivity index (χ3v) is 5.65. The van der Waals surface area contributed by atoms with Gasteiger partial charge in [-0.25, -0.2) is 4.68 Å². The summed E-state index contributed by atoms with van der Waals surface area (Å²) >= 11 is 12.2. The highest BCUT2D eigenvalue weighted by molar-refractivity contribution is 6.42. The number of carbonyl (C=O) groups is 1. The van der Waals surface area contributed by atoms with E-state index < -0.39 is 11.9 Å². The fourth-order valence-electron chi connectivity index (χ4n) is 3.23. The lowest BCUT2D eigenvalue weighted by Crippen LogP contribution is -2.26. The number of nitriles is 1. The van der Waals surface area contributed by atoms with Gasteiger partial charge in [-0.3, -0.25) is 9.78 Å². The standard InChI is InChI=1S/C25H17Cl2N5O/c26-21-10-4-9-20(24(21)27)22(14-28)30-23(33)12-11-18-16-32(19-7-2-1-3-8-19)31-25(18)17-6-5-13-29-15-17/h1-13,15-16,22H,(H,30,33). The van der Waals surface area contributed by atoms with Gasteiger partial charge in [-0.05, 0) is 36.4 Å². The first-order valence-electron chi connectivity index (χ1n) is 9.94. The Morgan fingerprint density at radius 1 is 1.09 bits per heavy atom. The van der Waals surface area contributed by atoms with Crippen LogP contribution in [0.1, 0.15) is 17.2 Å². The van der Waals surface area contributed by atoms with E-state index in [-0.39, 0.29) is 5.02 Å². The molecule has 4 aromatic rings. The lowest BCUT2D eigenvalue weighted by atomic mass is 10.1. The van der Waals surface area contributed by atoms with Gasteiger partial charge >= 0.3 is 0 Å². The number of aromatic nitrogens is 3. The number of para-hydroxylation sites is 1. The number of amides is 1. The molecule has 0 bridgehead atoms. The van der Waals surface area contributed by atoms with Gasteiger partial charge in [0.1, 0.15) is 11.7 Å². The number of hydrogen-bond acceptors (Lipinski definition) is 4. The smallest absolute Gasteiger partial charge is 0.245 e. The van der Waals surface area contributed by atoms with Gasteiger partial charge < -0.3 is 5.32 Å². The Morgan fingerprint density at radius 3 is 2.64 bits per heavy atom. The van der Waals surface area contributed by atoms with Crippen molar-refractivity contribution in [2.75, 3.05) is 0 Å². The summed E-state index contributed by atoms with van der Waals surface area (Å²) in [5.41, 5.74) is 3.52. The Morgan fingerprint density at radius 2 is 1.91 bits per heavy atom. The first-order valence-corrected chi connectivity index (χ1v) is 10.7. The lowest BCUT2D eigenvalue weighted by Gasteiger charge is -2.12. The first kappa shape index (κ1) is 22.3. The number of carbonyl (C=O) groups excluding carboxylic acids is 1. The molecular weight excluding hydrogens is 457 g/mol. The van der Waals surface area contributed by atoms with Crippen molar-refractivity contribution in [3.05, 3.63) is 107 Å². The molecule has 1 N–H and O–H groups in total. The van der Waals surface area contributed by atoms with Gasteiger partial charge in [0.2, 0.25) is 5.91 Å². The van der Waals surface area contributed by atoms with Gasteiger partial charge in [0.15, 0.2) is 0 Å². The number of nitrogens with one attached hydrogen (secondary N) is 1. The van der Waals surface area contributed by atoms with Crippen LogP contribution in [0.2, 0.25) is 10.0 Å². The van der Waals surface area contributed by atoms with Gasteiger partial charge in [0.05, 0.1) is 21.8 Å². The van der Waals surface area contributed by atoms with Crippen LogP contribution in [0.3, 0.4) is 0 Å². The molecule has 33 heavy (non-hydrogen) atoms. The summed E-state index contributed by atoms with van der Waals surface area (Å²) in [6, 6.07) is 19.4. The second-order valence-electron chi connectivity index (χ2n) is 7.00. The van der Waals surface area contributed by atoms with Crippen LogP contribution in [-0.2, 0) is 4.79 Å². The summed E-state index contributed by atoms with van der Waals surface area (Å²) in [7, 11) is 0. The molecule has 1 atom stereocenters. The molecule has 1 unspecified atom stereocenters. The van der Waals surface area contributed by atoms with E-state index >= 15 is 0 Å². The second kappa shape index (κ2) is 10.1. The van der Waals surface area contributed by atoms with E-state index in [0.29, 0.717) is 16.3 Å². The Labute approximate surface area is 200 Å². The van der Waals surface area contributed by atoms with Crippen LogP contribution in [0.4, 0.5) is 0 Å². The second-order valence-corrected chi connectivity index (χ2v) is 7.79. The zero-order chi connectivity index (χ0) is 23.2. The summed E-state index contributed by atoms with van der Waals surface area (Å²) in [5, 5.41) is 17.4. The summed E-state index contributed by atoms with van der Waals surface area (Å²) in [6.45, 7) is 0. The van der Waals surface area contributed by atoms with Crippen molar-refractivity contribution in [1.82, 2.24) is 20.1 Å². The number of hydrogen-bond donors (Lipinski definition) is 1. The largest absolute Gasteiger partial charge is 0.333 e. The van der Waals surface area contributed by atoms with Crippen LogP contribution in [0.15, 0.2) is 85.3 Å². The van der Waals surface area contributed by atoms with E-state index in [9.17, 15) is 10.1 Å². The highest BCUT2D eigenvalue weighted by Gasteiger charge is 2.17. The number of halogens is 2. The topological polar surface area (TPSA) is 83.6 Å². The van der Waals surface area contributed by atoms with E-state index in [1.807, 2.05) is 54.7 Å². The van der Waals surface area contributed by atoms with E-state index in [2.05, 4.69) is 15.4 Å². The van der Waals surface area contributed by atoms with E-state index in [4.69, 9.17) is 23.2 Å². The fourth-order valence-corrected chi connectivity index (χ4v) is 3.65. The maximum absolute atomic E-state index is 12.6. The molecule has 2 aromatic carbocycles. The maximum Gasteiger partial charge on any atom is 0.245 e. The molecule has 0 aliphatic rings. The molecule has 2 aromatic heterocycles. The molecule has 8 heteroatoms. The van der Waals surface area contributed by atoms with Crippen LogP contribution in [0.25, 0.3) is 23.0 Å². The van der Waals surface area contributed by atoms with Crippen LogP contribution in [-0.4, -0.2) is 20.7 Å². The molecule has 0 saturated carbocycles. The Balaban J connectivity index is 1.61. The van der Waals surface area contributed by atoms with Crippen molar-refractivity contribution in [3.8, 4) is 23.0 Å². The molecule has 0 aliphatic carbocycles. The normalized spacial score (nSPS) is 11.8. The van der Waals surface area contributed by atoms with Crippen molar-refractivity contribution in [2.24, 2.45) is 0 Å². The van der Waals surface area contributed by atoms with Crippen molar-refractivity contribution in [2.45, 2.75) is 6.04 Å². The van der Waals surface area contributed by atoms with Crippen molar-refractivity contribution < 1.29 is 4.79 Å². The first-order chi connectivity index (χ1) is 16.1. The third-order valence-electron chi connectivity index (χ3n) is 4.82. The van der Waals surface area contributed by atoms with Crippen LogP contribution >= 0.6 is 23.2 Å². The maximum atomic E-state index is 12.6. The zero-order valence-corrected chi connectivity index (χ0v) is 18.7. The molecular formula is C25H17Cl2N5O. The van der Waals surface area contributed by atoms with Crippen LogP contribution in [0, 0.1) is 11.3 Å². The van der Waals surface area contributed by atoms with E-state index in [1.54, 1.807) is 41.4 Å².